The average molecular weight is 341 g/mol. The number of nitrogens with one attached hydrogen (secondary N) is 2. The number of nitrogens with two attached hydrogens (primary N) is 1. The van der Waals surface area contributed by atoms with E-state index in [0.717, 1.165) is 32.2 Å². The summed E-state index contributed by atoms with van der Waals surface area (Å²) in [7, 11) is 0. The van der Waals surface area contributed by atoms with Gasteiger partial charge in [-0.05, 0) is 37.5 Å². The Balaban J connectivity index is 2.50. The zero-order valence-corrected chi connectivity index (χ0v) is 15.9. The Morgan fingerprint density at radius 3 is 2.50 bits per heavy atom. The van der Waals surface area contributed by atoms with Crippen molar-refractivity contribution in [3.05, 3.63) is 0 Å². The molecule has 1 fully saturated rings. The van der Waals surface area contributed by atoms with Gasteiger partial charge in [0, 0.05) is 32.6 Å². The van der Waals surface area contributed by atoms with Crippen molar-refractivity contribution in [3.8, 4) is 0 Å². The van der Waals surface area contributed by atoms with Gasteiger partial charge in [0.1, 0.15) is 0 Å². The lowest BCUT2D eigenvalue weighted by Gasteiger charge is -2.35. The normalized spacial score (nSPS) is 18.6. The van der Waals surface area contributed by atoms with E-state index in [-0.39, 0.29) is 23.4 Å². The maximum Gasteiger partial charge on any atom is 0.317 e. The van der Waals surface area contributed by atoms with Crippen LogP contribution < -0.4 is 16.4 Å². The average Bonchev–Trinajstić information content (AvgIpc) is 2.57. The Morgan fingerprint density at radius 1 is 1.29 bits per heavy atom. The molecule has 0 spiro atoms. The van der Waals surface area contributed by atoms with E-state index in [4.69, 9.17) is 5.73 Å². The van der Waals surface area contributed by atoms with Crippen LogP contribution in [-0.4, -0.2) is 48.6 Å². The highest BCUT2D eigenvalue weighted by molar-refractivity contribution is 5.77. The van der Waals surface area contributed by atoms with Crippen LogP contribution in [0, 0.1) is 11.8 Å². The van der Waals surface area contributed by atoms with Crippen LogP contribution in [0.15, 0.2) is 0 Å². The van der Waals surface area contributed by atoms with Gasteiger partial charge in [0.15, 0.2) is 0 Å². The van der Waals surface area contributed by atoms with E-state index in [0.29, 0.717) is 32.0 Å². The van der Waals surface area contributed by atoms with Gasteiger partial charge in [-0.3, -0.25) is 4.79 Å². The molecule has 1 heterocycles. The van der Waals surface area contributed by atoms with E-state index < -0.39 is 0 Å². The number of rotatable bonds is 8. The lowest BCUT2D eigenvalue weighted by molar-refractivity contribution is -0.124. The molecule has 6 nitrogen and oxygen atoms in total. The smallest absolute Gasteiger partial charge is 0.317 e. The first-order chi connectivity index (χ1) is 11.4. The molecule has 1 rings (SSSR count). The third kappa shape index (κ3) is 6.30. The Labute approximate surface area is 146 Å². The maximum atomic E-state index is 12.4. The third-order valence-electron chi connectivity index (χ3n) is 5.09. The summed E-state index contributed by atoms with van der Waals surface area (Å²) in [6.45, 7) is 10.8. The summed E-state index contributed by atoms with van der Waals surface area (Å²) in [5.41, 5.74) is 5.56. The SMILES string of the molecule is CCC(CC)(CN)NC(=O)CC1CCCN(C(=O)NCC(C)C)C1. The first-order valence-corrected chi connectivity index (χ1v) is 9.39. The van der Waals surface area contributed by atoms with Gasteiger partial charge in [0.25, 0.3) is 0 Å². The van der Waals surface area contributed by atoms with Gasteiger partial charge < -0.3 is 21.3 Å². The highest BCUT2D eigenvalue weighted by Gasteiger charge is 2.29. The number of hydrogen-bond acceptors (Lipinski definition) is 3. The topological polar surface area (TPSA) is 87.5 Å². The third-order valence-corrected chi connectivity index (χ3v) is 5.09. The van der Waals surface area contributed by atoms with Crippen LogP contribution in [0.4, 0.5) is 4.79 Å². The zero-order valence-electron chi connectivity index (χ0n) is 15.9. The van der Waals surface area contributed by atoms with Crippen molar-refractivity contribution in [2.75, 3.05) is 26.2 Å². The van der Waals surface area contributed by atoms with Crippen molar-refractivity contribution in [2.45, 2.75) is 65.3 Å². The molecule has 0 saturated carbocycles. The first-order valence-electron chi connectivity index (χ1n) is 9.39. The highest BCUT2D eigenvalue weighted by atomic mass is 16.2. The van der Waals surface area contributed by atoms with E-state index >= 15 is 0 Å². The summed E-state index contributed by atoms with van der Waals surface area (Å²) in [6.07, 6.45) is 4.09. The van der Waals surface area contributed by atoms with Gasteiger partial charge >= 0.3 is 6.03 Å². The molecule has 6 heteroatoms. The Hall–Kier alpha value is -1.30. The minimum Gasteiger partial charge on any atom is -0.349 e. The molecule has 1 aliphatic heterocycles. The molecule has 0 aliphatic carbocycles. The van der Waals surface area contributed by atoms with Crippen molar-refractivity contribution in [2.24, 2.45) is 17.6 Å². The van der Waals surface area contributed by atoms with Crippen LogP contribution in [0.1, 0.15) is 59.8 Å². The van der Waals surface area contributed by atoms with Gasteiger partial charge in [0.05, 0.1) is 5.54 Å². The number of amides is 3. The molecule has 0 aromatic rings. The van der Waals surface area contributed by atoms with Crippen LogP contribution in [0.25, 0.3) is 0 Å². The summed E-state index contributed by atoms with van der Waals surface area (Å²) in [5.74, 6) is 0.721. The number of hydrogen-bond donors (Lipinski definition) is 3. The number of likely N-dealkylation sites (tertiary alicyclic amines) is 1. The number of carbonyl (C=O) groups is 2. The van der Waals surface area contributed by atoms with E-state index in [2.05, 4.69) is 38.3 Å². The molecule has 1 atom stereocenters. The van der Waals surface area contributed by atoms with Gasteiger partial charge in [-0.1, -0.05) is 27.7 Å². The minimum absolute atomic E-state index is 0.00719. The second-order valence-corrected chi connectivity index (χ2v) is 7.48. The van der Waals surface area contributed by atoms with Gasteiger partial charge in [-0.15, -0.1) is 0 Å². The maximum absolute atomic E-state index is 12.4. The summed E-state index contributed by atoms with van der Waals surface area (Å²) >= 11 is 0. The lowest BCUT2D eigenvalue weighted by Crippen LogP contribution is -2.53. The van der Waals surface area contributed by atoms with Crippen molar-refractivity contribution < 1.29 is 9.59 Å². The molecule has 0 radical (unpaired) electrons. The van der Waals surface area contributed by atoms with E-state index in [1.165, 1.54) is 0 Å². The summed E-state index contributed by atoms with van der Waals surface area (Å²) < 4.78 is 0. The molecule has 0 aromatic carbocycles. The monoisotopic (exact) mass is 340 g/mol. The Kier molecular flexibility index (Phi) is 8.53. The first kappa shape index (κ1) is 20.7. The van der Waals surface area contributed by atoms with Crippen molar-refractivity contribution in [1.82, 2.24) is 15.5 Å². The fourth-order valence-corrected chi connectivity index (χ4v) is 3.19. The molecule has 140 valence electrons. The molecular weight excluding hydrogens is 304 g/mol. The fourth-order valence-electron chi connectivity index (χ4n) is 3.19. The van der Waals surface area contributed by atoms with Crippen LogP contribution in [0.2, 0.25) is 0 Å². The molecule has 1 unspecified atom stereocenters. The largest absolute Gasteiger partial charge is 0.349 e. The second-order valence-electron chi connectivity index (χ2n) is 7.48. The van der Waals surface area contributed by atoms with Crippen LogP contribution in [-0.2, 0) is 4.79 Å². The molecule has 1 saturated heterocycles. The van der Waals surface area contributed by atoms with Crippen LogP contribution >= 0.6 is 0 Å². The van der Waals surface area contributed by atoms with Crippen LogP contribution in [0.3, 0.4) is 0 Å². The lowest BCUT2D eigenvalue weighted by atomic mass is 9.90. The highest BCUT2D eigenvalue weighted by Crippen LogP contribution is 2.21. The molecule has 3 amide bonds. The predicted octanol–water partition coefficient (Wildman–Crippen LogP) is 2.09. The molecule has 0 aromatic heterocycles. The van der Waals surface area contributed by atoms with Crippen LogP contribution in [0.5, 0.6) is 0 Å². The number of urea groups is 1. The zero-order chi connectivity index (χ0) is 18.2. The number of nitrogens with zero attached hydrogens (tertiary/aromatic N) is 1. The standard InChI is InChI=1S/C18H36N4O2/c1-5-18(6-2,13-19)21-16(23)10-15-8-7-9-22(12-15)17(24)20-11-14(3)4/h14-15H,5-13,19H2,1-4H3,(H,20,24)(H,21,23). The summed E-state index contributed by atoms with van der Waals surface area (Å²) in [6, 6.07) is -0.00719. The molecule has 24 heavy (non-hydrogen) atoms. The predicted molar refractivity (Wildman–Crippen MR) is 97.7 cm³/mol. The van der Waals surface area contributed by atoms with E-state index in [9.17, 15) is 9.59 Å². The van der Waals surface area contributed by atoms with Crippen molar-refractivity contribution in [1.29, 1.82) is 0 Å². The fraction of sp³-hybridized carbons (Fsp3) is 0.889. The van der Waals surface area contributed by atoms with E-state index in [1.54, 1.807) is 0 Å². The quantitative estimate of drug-likeness (QED) is 0.632. The summed E-state index contributed by atoms with van der Waals surface area (Å²) in [5, 5.41) is 6.09. The Bertz CT molecular complexity index is 400. The minimum atomic E-state index is -0.292. The van der Waals surface area contributed by atoms with Gasteiger partial charge in [-0.2, -0.15) is 0 Å². The van der Waals surface area contributed by atoms with Gasteiger partial charge in [-0.25, -0.2) is 4.79 Å². The Morgan fingerprint density at radius 2 is 1.96 bits per heavy atom. The number of piperidine rings is 1. The molecule has 1 aliphatic rings. The van der Waals surface area contributed by atoms with E-state index in [1.807, 2.05) is 4.90 Å². The van der Waals surface area contributed by atoms with Crippen molar-refractivity contribution in [3.63, 3.8) is 0 Å². The molecular formula is C18H36N4O2. The molecule has 4 N–H and O–H groups in total. The molecule has 0 bridgehead atoms. The number of carbonyl (C=O) groups excluding carboxylic acids is 2. The van der Waals surface area contributed by atoms with Crippen molar-refractivity contribution >= 4 is 11.9 Å². The summed E-state index contributed by atoms with van der Waals surface area (Å²) in [4.78, 5) is 26.5. The second kappa shape index (κ2) is 9.87. The van der Waals surface area contributed by atoms with Gasteiger partial charge in [0.2, 0.25) is 5.91 Å².